The molecule has 3 rings (SSSR count). The van der Waals surface area contributed by atoms with Gasteiger partial charge in [0.15, 0.2) is 11.0 Å². The number of aryl methyl sites for hydroxylation is 1. The maximum absolute atomic E-state index is 12.9. The van der Waals surface area contributed by atoms with Crippen molar-refractivity contribution in [1.29, 1.82) is 5.26 Å². The Kier molecular flexibility index (Phi) is 7.04. The lowest BCUT2D eigenvalue weighted by atomic mass is 10.1. The average molecular weight is 406 g/mol. The summed E-state index contributed by atoms with van der Waals surface area (Å²) in [7, 11) is 0. The highest BCUT2D eigenvalue weighted by Gasteiger charge is 2.19. The third-order valence-corrected chi connectivity index (χ3v) is 5.44. The number of hydrogen-bond donors (Lipinski definition) is 0. The first-order chi connectivity index (χ1) is 14.1. The molecule has 1 aromatic heterocycles. The Morgan fingerprint density at radius 3 is 2.52 bits per heavy atom. The first kappa shape index (κ1) is 20.6. The zero-order valence-corrected chi connectivity index (χ0v) is 17.4. The van der Waals surface area contributed by atoms with Crippen molar-refractivity contribution < 1.29 is 4.79 Å². The van der Waals surface area contributed by atoms with Crippen molar-refractivity contribution in [1.82, 2.24) is 14.8 Å². The normalized spacial score (nSPS) is 10.5. The van der Waals surface area contributed by atoms with Crippen LogP contribution in [-0.2, 0) is 11.3 Å². The lowest BCUT2D eigenvalue weighted by Crippen LogP contribution is -2.33. The minimum Gasteiger partial charge on any atom is -0.311 e. The average Bonchev–Trinajstić information content (AvgIpc) is 3.16. The fraction of sp³-hybridized carbons (Fsp3) is 0.273. The molecule has 6 nitrogen and oxygen atoms in total. The number of nitriles is 1. The van der Waals surface area contributed by atoms with Gasteiger partial charge in [0, 0.05) is 24.3 Å². The van der Waals surface area contributed by atoms with Crippen LogP contribution in [0.25, 0.3) is 11.4 Å². The van der Waals surface area contributed by atoms with E-state index in [0.717, 1.165) is 17.1 Å². The molecule has 0 saturated heterocycles. The number of carbonyl (C=O) groups excluding carboxylic acids is 1. The second kappa shape index (κ2) is 9.89. The van der Waals surface area contributed by atoms with Crippen LogP contribution < -0.4 is 4.90 Å². The smallest absolute Gasteiger partial charge is 0.237 e. The number of aromatic nitrogens is 3. The fourth-order valence-corrected chi connectivity index (χ4v) is 3.85. The number of benzene rings is 2. The Morgan fingerprint density at radius 1 is 1.14 bits per heavy atom. The second-order valence-corrected chi connectivity index (χ2v) is 7.44. The zero-order chi connectivity index (χ0) is 20.6. The molecule has 0 atom stereocenters. The maximum Gasteiger partial charge on any atom is 0.237 e. The van der Waals surface area contributed by atoms with E-state index in [2.05, 4.69) is 16.3 Å². The highest BCUT2D eigenvalue weighted by Crippen LogP contribution is 2.25. The van der Waals surface area contributed by atoms with Gasteiger partial charge in [-0.3, -0.25) is 4.79 Å². The fourth-order valence-electron chi connectivity index (χ4n) is 2.97. The molecule has 3 aromatic rings. The zero-order valence-electron chi connectivity index (χ0n) is 16.6. The quantitative estimate of drug-likeness (QED) is 0.522. The van der Waals surface area contributed by atoms with E-state index in [4.69, 9.17) is 5.26 Å². The Bertz CT molecular complexity index is 992. The van der Waals surface area contributed by atoms with Crippen molar-refractivity contribution in [3.8, 4) is 17.5 Å². The minimum atomic E-state index is -0.0565. The van der Waals surface area contributed by atoms with Gasteiger partial charge in [-0.15, -0.1) is 10.2 Å². The molecule has 148 valence electrons. The first-order valence-electron chi connectivity index (χ1n) is 9.49. The molecule has 0 spiro atoms. The number of nitrogens with zero attached hydrogens (tertiary/aromatic N) is 5. The van der Waals surface area contributed by atoms with Gasteiger partial charge >= 0.3 is 0 Å². The first-order valence-corrected chi connectivity index (χ1v) is 10.5. The molecule has 0 bridgehead atoms. The predicted octanol–water partition coefficient (Wildman–Crippen LogP) is 4.31. The van der Waals surface area contributed by atoms with Gasteiger partial charge in [-0.1, -0.05) is 59.8 Å². The van der Waals surface area contributed by atoms with Crippen LogP contribution in [0.4, 0.5) is 5.69 Å². The van der Waals surface area contributed by atoms with Crippen molar-refractivity contribution in [3.63, 3.8) is 0 Å². The van der Waals surface area contributed by atoms with Crippen molar-refractivity contribution in [3.05, 3.63) is 60.2 Å². The van der Waals surface area contributed by atoms with Crippen LogP contribution in [0.3, 0.4) is 0 Å². The highest BCUT2D eigenvalue weighted by atomic mass is 32.2. The molecule has 0 fully saturated rings. The number of anilines is 1. The van der Waals surface area contributed by atoms with Crippen molar-refractivity contribution in [2.45, 2.75) is 32.0 Å². The van der Waals surface area contributed by atoms with E-state index in [1.807, 2.05) is 73.0 Å². The highest BCUT2D eigenvalue weighted by molar-refractivity contribution is 7.99. The number of para-hydroxylation sites is 1. The molecule has 0 radical (unpaired) electrons. The lowest BCUT2D eigenvalue weighted by Gasteiger charge is -2.21. The molecule has 0 aliphatic heterocycles. The van der Waals surface area contributed by atoms with Gasteiger partial charge < -0.3 is 9.47 Å². The summed E-state index contributed by atoms with van der Waals surface area (Å²) in [6, 6.07) is 19.7. The Hall–Kier alpha value is -3.11. The molecule has 0 N–H and O–H groups in total. The van der Waals surface area contributed by atoms with Gasteiger partial charge in [-0.25, -0.2) is 0 Å². The van der Waals surface area contributed by atoms with E-state index >= 15 is 0 Å². The Morgan fingerprint density at radius 2 is 1.86 bits per heavy atom. The number of rotatable bonds is 8. The second-order valence-electron chi connectivity index (χ2n) is 6.49. The summed E-state index contributed by atoms with van der Waals surface area (Å²) in [5, 5.41) is 18.3. The molecule has 2 aromatic carbocycles. The molecule has 0 unspecified atom stereocenters. The van der Waals surface area contributed by atoms with Crippen molar-refractivity contribution in [2.75, 3.05) is 17.2 Å². The molecule has 0 aliphatic carbocycles. The summed E-state index contributed by atoms with van der Waals surface area (Å²) < 4.78 is 2.02. The summed E-state index contributed by atoms with van der Waals surface area (Å²) in [6.45, 7) is 5.17. The van der Waals surface area contributed by atoms with Gasteiger partial charge in [-0.2, -0.15) is 5.26 Å². The molecule has 1 heterocycles. The summed E-state index contributed by atoms with van der Waals surface area (Å²) in [6.07, 6.45) is 0.286. The van der Waals surface area contributed by atoms with Gasteiger partial charge in [-0.05, 0) is 26.0 Å². The Balaban J connectivity index is 1.75. The van der Waals surface area contributed by atoms with Crippen LogP contribution in [0.2, 0.25) is 0 Å². The number of amides is 1. The van der Waals surface area contributed by atoms with Crippen LogP contribution in [0.5, 0.6) is 0 Å². The van der Waals surface area contributed by atoms with Gasteiger partial charge in [0.1, 0.15) is 0 Å². The largest absolute Gasteiger partial charge is 0.311 e. The van der Waals surface area contributed by atoms with Gasteiger partial charge in [0.2, 0.25) is 5.91 Å². The summed E-state index contributed by atoms with van der Waals surface area (Å²) in [5.41, 5.74) is 2.99. The number of thioether (sulfide) groups is 1. The van der Waals surface area contributed by atoms with Crippen molar-refractivity contribution >= 4 is 23.4 Å². The standard InChI is InChI=1S/C22H23N5OS/c1-3-26-21(18-12-10-17(2)11-13-18)24-25-22(26)29-16-20(28)27(15-7-14-23)19-8-5-4-6-9-19/h4-6,8-13H,3,7,15-16H2,1-2H3. The van der Waals surface area contributed by atoms with Crippen molar-refractivity contribution in [2.24, 2.45) is 0 Å². The molecule has 1 amide bonds. The molecule has 7 heteroatoms. The lowest BCUT2D eigenvalue weighted by molar-refractivity contribution is -0.116. The number of hydrogen-bond acceptors (Lipinski definition) is 5. The van der Waals surface area contributed by atoms with E-state index in [0.29, 0.717) is 18.2 Å². The van der Waals surface area contributed by atoms with Crippen LogP contribution in [0, 0.1) is 18.3 Å². The Labute approximate surface area is 175 Å². The molecule has 0 aliphatic rings. The van der Waals surface area contributed by atoms with Crippen LogP contribution >= 0.6 is 11.8 Å². The monoisotopic (exact) mass is 405 g/mol. The summed E-state index contributed by atoms with van der Waals surface area (Å²) in [4.78, 5) is 14.5. The summed E-state index contributed by atoms with van der Waals surface area (Å²) in [5.74, 6) is 0.970. The van der Waals surface area contributed by atoms with Crippen LogP contribution in [0.1, 0.15) is 18.9 Å². The third-order valence-electron chi connectivity index (χ3n) is 4.48. The maximum atomic E-state index is 12.9. The number of carbonyl (C=O) groups is 1. The van der Waals surface area contributed by atoms with Crippen LogP contribution in [0.15, 0.2) is 59.8 Å². The van der Waals surface area contributed by atoms with E-state index in [9.17, 15) is 4.79 Å². The topological polar surface area (TPSA) is 74.8 Å². The van der Waals surface area contributed by atoms with Crippen LogP contribution in [-0.4, -0.2) is 33.0 Å². The minimum absolute atomic E-state index is 0.0565. The molecule has 0 saturated carbocycles. The molecular weight excluding hydrogens is 382 g/mol. The molecule has 29 heavy (non-hydrogen) atoms. The van der Waals surface area contributed by atoms with E-state index in [1.54, 1.807) is 4.90 Å². The third kappa shape index (κ3) is 5.04. The van der Waals surface area contributed by atoms with E-state index < -0.39 is 0 Å². The van der Waals surface area contributed by atoms with E-state index in [1.165, 1.54) is 17.3 Å². The van der Waals surface area contributed by atoms with E-state index in [-0.39, 0.29) is 18.1 Å². The SMILES string of the molecule is CCn1c(SCC(=O)N(CCC#N)c2ccccc2)nnc1-c1ccc(C)cc1. The summed E-state index contributed by atoms with van der Waals surface area (Å²) >= 11 is 1.37. The van der Waals surface area contributed by atoms with Gasteiger partial charge in [0.05, 0.1) is 18.2 Å². The predicted molar refractivity (Wildman–Crippen MR) is 116 cm³/mol. The molecular formula is C22H23N5OS. The van der Waals surface area contributed by atoms with Gasteiger partial charge in [0.25, 0.3) is 0 Å².